The summed E-state index contributed by atoms with van der Waals surface area (Å²) in [7, 11) is 0. The molecule has 0 radical (unpaired) electrons. The number of para-hydroxylation sites is 2. The molecule has 0 aromatic heterocycles. The van der Waals surface area contributed by atoms with Crippen molar-refractivity contribution in [2.75, 3.05) is 0 Å². The van der Waals surface area contributed by atoms with Crippen molar-refractivity contribution < 1.29 is 16.5 Å². The fourth-order valence-corrected chi connectivity index (χ4v) is 11.1. The first-order valence-corrected chi connectivity index (χ1v) is 34.5. The van der Waals surface area contributed by atoms with Crippen molar-refractivity contribution in [2.24, 2.45) is 9.98 Å². The predicted molar refractivity (Wildman–Crippen MR) is 348 cm³/mol. The molecule has 2 aromatic carbocycles. The van der Waals surface area contributed by atoms with E-state index < -0.39 is 0 Å². The van der Waals surface area contributed by atoms with Gasteiger partial charge in [0.15, 0.2) is 0 Å². The van der Waals surface area contributed by atoms with Crippen molar-refractivity contribution >= 4 is 22.8 Å². The number of benzene rings is 2. The monoisotopic (exact) mass is 1110 g/mol. The third kappa shape index (κ3) is 45.1. The van der Waals surface area contributed by atoms with Gasteiger partial charge in [0.05, 0.1) is 22.8 Å². The number of nitrogens with zero attached hydrogens (tertiary/aromatic N) is 2. The minimum absolute atomic E-state index is 0. The van der Waals surface area contributed by atoms with E-state index in [1.807, 2.05) is 0 Å². The summed E-state index contributed by atoms with van der Waals surface area (Å²) in [4.78, 5) is 11.0. The standard InChI is InChI=1S/C75H126N2.Ni/c1-5-9-13-15-17-19-21-23-25-27-29-31-33-35-37-39-41-43-45-47-49-51-53-56-62-70-64-58-60-67-72(70)76-74(66-12-8-4)75(69-55-11-7-3)77-73-68-61-59-65-71(73)63-57-54-52-50-48-46-44-42-40-38-36-34-32-30-28-26-24-22-20-18-16-14-10-6-2;/h58-61,64-65,67-68H,5-50,55-57,62-63,66,69H2,1-4H3;/b76-74-,77-75+;. The molecular formula is C75H126N2Ni. The molecule has 78 heavy (non-hydrogen) atoms. The molecule has 0 atom stereocenters. The van der Waals surface area contributed by atoms with E-state index in [1.54, 1.807) is 0 Å². The van der Waals surface area contributed by atoms with Crippen LogP contribution in [0.3, 0.4) is 0 Å². The number of aliphatic imine (C=N–C) groups is 2. The molecule has 0 fully saturated rings. The van der Waals surface area contributed by atoms with Gasteiger partial charge in [0.2, 0.25) is 0 Å². The van der Waals surface area contributed by atoms with Crippen LogP contribution in [0.5, 0.6) is 0 Å². The van der Waals surface area contributed by atoms with Gasteiger partial charge in [-0.2, -0.15) is 0 Å². The Balaban J connectivity index is 0.0000304. The maximum absolute atomic E-state index is 5.50. The second-order valence-corrected chi connectivity index (χ2v) is 23.6. The van der Waals surface area contributed by atoms with E-state index in [0.717, 1.165) is 82.0 Å². The zero-order chi connectivity index (χ0) is 54.8. The van der Waals surface area contributed by atoms with Crippen LogP contribution in [0.25, 0.3) is 0 Å². The van der Waals surface area contributed by atoms with Gasteiger partial charge in [-0.15, -0.1) is 23.7 Å². The molecule has 0 amide bonds. The van der Waals surface area contributed by atoms with E-state index in [4.69, 9.17) is 9.98 Å². The summed E-state index contributed by atoms with van der Waals surface area (Å²) in [6, 6.07) is 17.6. The third-order valence-corrected chi connectivity index (χ3v) is 16.2. The molecule has 2 nitrogen and oxygen atoms in total. The molecule has 0 spiro atoms. The van der Waals surface area contributed by atoms with Gasteiger partial charge in [0.1, 0.15) is 0 Å². The molecule has 0 saturated carbocycles. The van der Waals surface area contributed by atoms with Crippen LogP contribution in [-0.4, -0.2) is 11.4 Å². The number of unbranched alkanes of at least 4 members (excludes halogenated alkanes) is 43. The fraction of sp³-hybridized carbons (Fsp3) is 0.760. The average Bonchev–Trinajstić information content (AvgIpc) is 3.45. The van der Waals surface area contributed by atoms with Gasteiger partial charge < -0.3 is 0 Å². The average molecular weight is 1110 g/mol. The Morgan fingerprint density at radius 2 is 0.500 bits per heavy atom. The van der Waals surface area contributed by atoms with E-state index in [2.05, 4.69) is 99.9 Å². The molecule has 0 aliphatic rings. The Bertz CT molecular complexity index is 1780. The van der Waals surface area contributed by atoms with Gasteiger partial charge in [-0.1, -0.05) is 327 Å². The molecule has 0 unspecified atom stereocenters. The first-order valence-electron chi connectivity index (χ1n) is 34.5. The normalized spacial score (nSPS) is 11.6. The summed E-state index contributed by atoms with van der Waals surface area (Å²) in [5.41, 5.74) is 7.15. The van der Waals surface area contributed by atoms with Crippen LogP contribution in [0.1, 0.15) is 366 Å². The van der Waals surface area contributed by atoms with Crippen LogP contribution in [0.2, 0.25) is 0 Å². The molecule has 3 heteroatoms. The Morgan fingerprint density at radius 3 is 0.795 bits per heavy atom. The summed E-state index contributed by atoms with van der Waals surface area (Å²) < 4.78 is 0. The zero-order valence-electron chi connectivity index (χ0n) is 52.3. The molecule has 2 rings (SSSR count). The van der Waals surface area contributed by atoms with Gasteiger partial charge in [0.25, 0.3) is 0 Å². The van der Waals surface area contributed by atoms with Gasteiger partial charge >= 0.3 is 0 Å². The van der Waals surface area contributed by atoms with E-state index in [0.29, 0.717) is 0 Å². The molecule has 2 aromatic rings. The quantitative estimate of drug-likeness (QED) is 0.0273. The van der Waals surface area contributed by atoms with Crippen molar-refractivity contribution in [1.29, 1.82) is 0 Å². The van der Waals surface area contributed by atoms with Gasteiger partial charge in [-0.3, -0.25) is 9.98 Å². The van der Waals surface area contributed by atoms with E-state index in [1.165, 1.54) is 292 Å². The minimum Gasteiger partial charge on any atom is -0.251 e. The van der Waals surface area contributed by atoms with Crippen LogP contribution < -0.4 is 0 Å². The number of rotatable bonds is 54. The Labute approximate surface area is 497 Å². The van der Waals surface area contributed by atoms with E-state index >= 15 is 0 Å². The zero-order valence-corrected chi connectivity index (χ0v) is 53.3. The van der Waals surface area contributed by atoms with E-state index in [-0.39, 0.29) is 16.5 Å². The van der Waals surface area contributed by atoms with Gasteiger partial charge in [-0.25, -0.2) is 0 Å². The smallest absolute Gasteiger partial charge is 0.0666 e. The molecule has 0 bridgehead atoms. The maximum atomic E-state index is 5.50. The topological polar surface area (TPSA) is 24.7 Å². The molecule has 0 aliphatic heterocycles. The number of aryl methyl sites for hydroxylation is 2. The van der Waals surface area contributed by atoms with Crippen LogP contribution in [0.15, 0.2) is 58.5 Å². The number of hydrogen-bond donors (Lipinski definition) is 0. The Morgan fingerprint density at radius 1 is 0.269 bits per heavy atom. The number of hydrogen-bond acceptors (Lipinski definition) is 2. The second kappa shape index (κ2) is 59.0. The molecule has 446 valence electrons. The van der Waals surface area contributed by atoms with Crippen molar-refractivity contribution in [2.45, 2.75) is 368 Å². The second-order valence-electron chi connectivity index (χ2n) is 23.6. The summed E-state index contributed by atoms with van der Waals surface area (Å²) in [5, 5.41) is 0. The fourth-order valence-electron chi connectivity index (χ4n) is 11.1. The Kier molecular flexibility index (Phi) is 55.6. The first kappa shape index (κ1) is 73.4. The van der Waals surface area contributed by atoms with Gasteiger partial charge in [-0.05, 0) is 74.6 Å². The summed E-state index contributed by atoms with van der Waals surface area (Å²) in [6.07, 6.45) is 70.4. The summed E-state index contributed by atoms with van der Waals surface area (Å²) in [6.45, 7) is 9.20. The van der Waals surface area contributed by atoms with Crippen LogP contribution in [0, 0.1) is 23.7 Å². The Hall–Kier alpha value is -2.61. The van der Waals surface area contributed by atoms with Crippen LogP contribution in [-0.2, 0) is 29.3 Å². The maximum Gasteiger partial charge on any atom is 0.0666 e. The van der Waals surface area contributed by atoms with Crippen molar-refractivity contribution in [1.82, 2.24) is 0 Å². The summed E-state index contributed by atoms with van der Waals surface area (Å²) >= 11 is 0. The van der Waals surface area contributed by atoms with Crippen LogP contribution in [0.4, 0.5) is 11.4 Å². The largest absolute Gasteiger partial charge is 0.251 e. The predicted octanol–water partition coefficient (Wildman–Crippen LogP) is 25.6. The minimum atomic E-state index is 0. The third-order valence-electron chi connectivity index (χ3n) is 16.2. The summed E-state index contributed by atoms with van der Waals surface area (Å²) in [5.74, 6) is 14.1. The van der Waals surface area contributed by atoms with Gasteiger partial charge in [0, 0.05) is 42.2 Å². The molecular weight excluding hydrogens is 988 g/mol. The molecule has 0 heterocycles. The van der Waals surface area contributed by atoms with Crippen LogP contribution >= 0.6 is 0 Å². The van der Waals surface area contributed by atoms with E-state index in [9.17, 15) is 0 Å². The van der Waals surface area contributed by atoms with Crippen molar-refractivity contribution in [3.63, 3.8) is 0 Å². The molecule has 0 saturated heterocycles. The molecule has 0 N–H and O–H groups in total. The first-order chi connectivity index (χ1) is 38.2. The SMILES string of the molecule is CCCCCCCCCCCCCCCCCCCCCCC#CCCc1ccccc1/N=C(CCCC)\C(CCCCC)=N\c1ccccc1CCC#CCCCCCCCCCCCCCCCCCCCCCC.[Ni]. The molecule has 0 aliphatic carbocycles. The van der Waals surface area contributed by atoms with Crippen molar-refractivity contribution in [3.05, 3.63) is 59.7 Å². The van der Waals surface area contributed by atoms with Crippen molar-refractivity contribution in [3.8, 4) is 23.7 Å².